The van der Waals surface area contributed by atoms with E-state index in [-0.39, 0.29) is 28.8 Å². The smallest absolute Gasteiger partial charge is 0.329 e. The van der Waals surface area contributed by atoms with Crippen molar-refractivity contribution in [3.63, 3.8) is 0 Å². The van der Waals surface area contributed by atoms with Gasteiger partial charge in [0.25, 0.3) is 5.56 Å². The lowest BCUT2D eigenvalue weighted by Gasteiger charge is -2.26. The van der Waals surface area contributed by atoms with E-state index in [1.165, 1.54) is 7.11 Å². The fourth-order valence-corrected chi connectivity index (χ4v) is 5.27. The van der Waals surface area contributed by atoms with Gasteiger partial charge in [-0.3, -0.25) is 14.3 Å². The third-order valence-corrected chi connectivity index (χ3v) is 6.83. The van der Waals surface area contributed by atoms with E-state index in [1.807, 2.05) is 4.90 Å². The summed E-state index contributed by atoms with van der Waals surface area (Å²) < 4.78 is 22.8. The number of anilines is 1. The predicted octanol–water partition coefficient (Wildman–Crippen LogP) is 1.65. The molecule has 7 nitrogen and oxygen atoms in total. The van der Waals surface area contributed by atoms with Gasteiger partial charge in [0.2, 0.25) is 0 Å². The minimum atomic E-state index is -0.571. The summed E-state index contributed by atoms with van der Waals surface area (Å²) in [4.78, 5) is 29.5. The number of aryl methyl sites for hydroxylation is 1. The summed E-state index contributed by atoms with van der Waals surface area (Å²) in [6, 6.07) is 0.156. The third-order valence-electron chi connectivity index (χ3n) is 6.83. The maximum atomic E-state index is 15.5. The summed E-state index contributed by atoms with van der Waals surface area (Å²) in [6.45, 7) is 2.98. The molecule has 28 heavy (non-hydrogen) atoms. The normalized spacial score (nSPS) is 26.9. The predicted molar refractivity (Wildman–Crippen MR) is 105 cm³/mol. The highest BCUT2D eigenvalue weighted by molar-refractivity contribution is 5.93. The maximum absolute atomic E-state index is 15.5. The molecule has 3 unspecified atom stereocenters. The van der Waals surface area contributed by atoms with E-state index in [1.54, 1.807) is 11.5 Å². The van der Waals surface area contributed by atoms with Crippen molar-refractivity contribution in [3.05, 3.63) is 32.2 Å². The average Bonchev–Trinajstić information content (AvgIpc) is 3.30. The number of aromatic nitrogens is 2. The fraction of sp³-hybridized carbons (Fsp3) is 0.600. The molecule has 8 heteroatoms. The first-order chi connectivity index (χ1) is 13.4. The van der Waals surface area contributed by atoms with Gasteiger partial charge in [-0.25, -0.2) is 9.18 Å². The lowest BCUT2D eigenvalue weighted by molar-refractivity contribution is 0.412. The Bertz CT molecular complexity index is 1090. The largest absolute Gasteiger partial charge is 0.492 e. The number of benzene rings is 1. The number of nitrogens with two attached hydrogens (primary N) is 1. The van der Waals surface area contributed by atoms with E-state index in [2.05, 4.69) is 4.98 Å². The number of hydrogen-bond acceptors (Lipinski definition) is 5. The minimum absolute atomic E-state index is 0.0184. The van der Waals surface area contributed by atoms with E-state index < -0.39 is 17.1 Å². The number of ether oxygens (including phenoxy) is 1. The molecule has 1 aromatic carbocycles. The van der Waals surface area contributed by atoms with Crippen LogP contribution in [0.4, 0.5) is 10.1 Å². The van der Waals surface area contributed by atoms with E-state index in [0.717, 1.165) is 25.7 Å². The minimum Gasteiger partial charge on any atom is -0.492 e. The van der Waals surface area contributed by atoms with Gasteiger partial charge in [-0.2, -0.15) is 0 Å². The number of halogens is 1. The van der Waals surface area contributed by atoms with Gasteiger partial charge in [-0.05, 0) is 44.4 Å². The van der Waals surface area contributed by atoms with Crippen LogP contribution in [-0.4, -0.2) is 35.8 Å². The molecule has 2 saturated carbocycles. The van der Waals surface area contributed by atoms with Gasteiger partial charge in [0.1, 0.15) is 11.2 Å². The van der Waals surface area contributed by atoms with Crippen molar-refractivity contribution in [2.45, 2.75) is 44.7 Å². The summed E-state index contributed by atoms with van der Waals surface area (Å²) in [5.74, 6) is 0.607. The molecule has 0 amide bonds. The number of aromatic amines is 1. The molecule has 3 atom stereocenters. The molecule has 2 heterocycles. The van der Waals surface area contributed by atoms with E-state index in [9.17, 15) is 9.59 Å². The lowest BCUT2D eigenvalue weighted by Crippen LogP contribution is -2.33. The lowest BCUT2D eigenvalue weighted by atomic mass is 9.98. The summed E-state index contributed by atoms with van der Waals surface area (Å²) in [6.07, 6.45) is 3.78. The van der Waals surface area contributed by atoms with Crippen LogP contribution in [0.5, 0.6) is 5.75 Å². The van der Waals surface area contributed by atoms with Gasteiger partial charge in [0.15, 0.2) is 11.6 Å². The SMILES string of the molecule is COc1c(N2CC3CCC(N)C3C2)c(F)c(C)c2c(=O)[nH]c(=O)n(C3CC3)c12. The first kappa shape index (κ1) is 17.7. The molecule has 2 aromatic rings. The number of nitrogens with one attached hydrogen (secondary N) is 1. The van der Waals surface area contributed by atoms with Gasteiger partial charge < -0.3 is 15.4 Å². The summed E-state index contributed by atoms with van der Waals surface area (Å²) in [5.41, 5.74) is 6.24. The highest BCUT2D eigenvalue weighted by Gasteiger charge is 2.43. The van der Waals surface area contributed by atoms with Crippen LogP contribution in [0.3, 0.4) is 0 Å². The molecular formula is C20H25FN4O3. The van der Waals surface area contributed by atoms with Crippen LogP contribution in [-0.2, 0) is 0 Å². The molecule has 0 bridgehead atoms. The van der Waals surface area contributed by atoms with Crippen LogP contribution in [0.2, 0.25) is 0 Å². The van der Waals surface area contributed by atoms with Gasteiger partial charge in [0, 0.05) is 30.7 Å². The van der Waals surface area contributed by atoms with Crippen molar-refractivity contribution in [2.24, 2.45) is 17.6 Å². The number of H-pyrrole nitrogens is 1. The van der Waals surface area contributed by atoms with E-state index in [4.69, 9.17) is 10.5 Å². The van der Waals surface area contributed by atoms with Crippen LogP contribution >= 0.6 is 0 Å². The van der Waals surface area contributed by atoms with Crippen LogP contribution < -0.4 is 26.6 Å². The Kier molecular flexibility index (Phi) is 3.84. The molecule has 2 aliphatic carbocycles. The van der Waals surface area contributed by atoms with Gasteiger partial charge >= 0.3 is 5.69 Å². The second kappa shape index (κ2) is 6.07. The van der Waals surface area contributed by atoms with Crippen molar-refractivity contribution >= 4 is 16.6 Å². The molecule has 3 aliphatic rings. The number of methoxy groups -OCH3 is 1. The van der Waals surface area contributed by atoms with Crippen LogP contribution in [0, 0.1) is 24.6 Å². The fourth-order valence-electron chi connectivity index (χ4n) is 5.27. The number of fused-ring (bicyclic) bond motifs is 2. The van der Waals surface area contributed by atoms with Crippen molar-refractivity contribution in [1.82, 2.24) is 9.55 Å². The molecule has 1 aromatic heterocycles. The molecule has 1 aliphatic heterocycles. The molecule has 0 spiro atoms. The number of nitrogens with zero attached hydrogens (tertiary/aromatic N) is 2. The molecule has 1 saturated heterocycles. The zero-order chi connectivity index (χ0) is 19.7. The standard InChI is InChI=1S/C20H25FN4O3/c1-9-14-16(25(11-4-5-11)20(27)23-19(14)26)18(28-2)17(15(9)21)24-7-10-3-6-13(22)12(10)8-24/h10-13H,3-8,22H2,1-2H3,(H,23,26,27). The quantitative estimate of drug-likeness (QED) is 0.834. The molecule has 5 rings (SSSR count). The highest BCUT2D eigenvalue weighted by Crippen LogP contribution is 2.47. The molecule has 0 radical (unpaired) electrons. The Morgan fingerprint density at radius 3 is 2.57 bits per heavy atom. The number of rotatable bonds is 3. The Morgan fingerprint density at radius 2 is 1.93 bits per heavy atom. The third kappa shape index (κ3) is 2.36. The van der Waals surface area contributed by atoms with Crippen LogP contribution in [0.15, 0.2) is 9.59 Å². The first-order valence-electron chi connectivity index (χ1n) is 9.97. The summed E-state index contributed by atoms with van der Waals surface area (Å²) in [7, 11) is 1.47. The van der Waals surface area contributed by atoms with Gasteiger partial charge in [-0.15, -0.1) is 0 Å². The van der Waals surface area contributed by atoms with Crippen LogP contribution in [0.25, 0.3) is 10.9 Å². The van der Waals surface area contributed by atoms with Crippen molar-refractivity contribution < 1.29 is 9.13 Å². The van der Waals surface area contributed by atoms with Gasteiger partial charge in [-0.1, -0.05) is 0 Å². The number of hydrogen-bond donors (Lipinski definition) is 2. The van der Waals surface area contributed by atoms with Crippen molar-refractivity contribution in [1.29, 1.82) is 0 Å². The zero-order valence-electron chi connectivity index (χ0n) is 16.1. The molecular weight excluding hydrogens is 363 g/mol. The van der Waals surface area contributed by atoms with Crippen LogP contribution in [0.1, 0.15) is 37.3 Å². The van der Waals surface area contributed by atoms with E-state index in [0.29, 0.717) is 36.1 Å². The Morgan fingerprint density at radius 1 is 1.18 bits per heavy atom. The highest BCUT2D eigenvalue weighted by atomic mass is 19.1. The molecule has 3 fully saturated rings. The monoisotopic (exact) mass is 388 g/mol. The average molecular weight is 388 g/mol. The van der Waals surface area contributed by atoms with Crippen molar-refractivity contribution in [3.8, 4) is 5.75 Å². The van der Waals surface area contributed by atoms with Gasteiger partial charge in [0.05, 0.1) is 12.5 Å². The Hall–Kier alpha value is -2.35. The molecule has 3 N–H and O–H groups in total. The molecule has 150 valence electrons. The second-order valence-electron chi connectivity index (χ2n) is 8.48. The summed E-state index contributed by atoms with van der Waals surface area (Å²) in [5, 5.41) is 0.195. The van der Waals surface area contributed by atoms with E-state index >= 15 is 4.39 Å². The zero-order valence-corrected chi connectivity index (χ0v) is 16.1. The topological polar surface area (TPSA) is 93.3 Å². The first-order valence-corrected chi connectivity index (χ1v) is 9.97. The Balaban J connectivity index is 1.79. The maximum Gasteiger partial charge on any atom is 0.329 e. The van der Waals surface area contributed by atoms with Crippen molar-refractivity contribution in [2.75, 3.05) is 25.1 Å². The Labute approximate surface area is 161 Å². The summed E-state index contributed by atoms with van der Waals surface area (Å²) >= 11 is 0. The second-order valence-corrected chi connectivity index (χ2v) is 8.48.